The van der Waals surface area contributed by atoms with Gasteiger partial charge in [0.2, 0.25) is 0 Å². The van der Waals surface area contributed by atoms with Crippen molar-refractivity contribution in [1.29, 1.82) is 0 Å². The van der Waals surface area contributed by atoms with Gasteiger partial charge in [-0.15, -0.1) is 11.3 Å². The summed E-state index contributed by atoms with van der Waals surface area (Å²) in [6.07, 6.45) is 3.12. The molecule has 0 saturated heterocycles. The van der Waals surface area contributed by atoms with Crippen molar-refractivity contribution in [3.63, 3.8) is 0 Å². The van der Waals surface area contributed by atoms with Crippen LogP contribution in [0.15, 0.2) is 22.6 Å². The lowest BCUT2D eigenvalue weighted by atomic mass is 9.94. The quantitative estimate of drug-likeness (QED) is 0.426. The monoisotopic (exact) mass is 527 g/mol. The molecule has 0 radical (unpaired) electrons. The average Bonchev–Trinajstić information content (AvgIpc) is 3.18. The minimum Gasteiger partial charge on any atom is -0.457 e. The molecule has 0 aliphatic carbocycles. The predicted molar refractivity (Wildman–Crippen MR) is 141 cm³/mol. The maximum Gasteiger partial charge on any atom is 0.309 e. The summed E-state index contributed by atoms with van der Waals surface area (Å²) in [5.74, 6) is -0.898. The molecule has 2 rings (SSSR count). The number of carbonyl (C=O) groups excluding carboxylic acids is 1. The molecule has 198 valence electrons. The molecule has 0 aromatic carbocycles. The molecular formula is C26H41NO6S2. The Morgan fingerprint density at radius 2 is 1.91 bits per heavy atom. The van der Waals surface area contributed by atoms with Gasteiger partial charge in [0.1, 0.15) is 6.10 Å². The normalized spacial score (nSPS) is 32.9. The molecule has 9 heteroatoms. The molecule has 2 N–H and O–H groups in total. The molecular weight excluding hydrogens is 486 g/mol. The van der Waals surface area contributed by atoms with Crippen LogP contribution in [0.3, 0.4) is 0 Å². The summed E-state index contributed by atoms with van der Waals surface area (Å²) in [4.78, 5) is 17.3. The highest BCUT2D eigenvalue weighted by molar-refractivity contribution is 7.93. The Hall–Kier alpha value is -1.55. The Labute approximate surface area is 214 Å². The number of hydrogen-bond acceptors (Lipinski definition) is 8. The molecule has 0 bridgehead atoms. The summed E-state index contributed by atoms with van der Waals surface area (Å²) < 4.78 is 30.8. The third-order valence-corrected chi connectivity index (χ3v) is 10.9. The second-order valence-corrected chi connectivity index (χ2v) is 14.3. The topological polar surface area (TPSA) is 114 Å². The van der Waals surface area contributed by atoms with E-state index < -0.39 is 50.5 Å². The molecule has 1 aromatic rings. The largest absolute Gasteiger partial charge is 0.457 e. The molecule has 35 heavy (non-hydrogen) atoms. The zero-order chi connectivity index (χ0) is 26.6. The number of hydrogen-bond donors (Lipinski definition) is 2. The highest BCUT2D eigenvalue weighted by Gasteiger charge is 2.47. The number of allylic oxidation sites excluding steroid dienone is 1. The highest BCUT2D eigenvalue weighted by atomic mass is 32.2. The maximum absolute atomic E-state index is 13.4. The summed E-state index contributed by atoms with van der Waals surface area (Å²) in [5, 5.41) is 23.4. The van der Waals surface area contributed by atoms with E-state index in [1.807, 2.05) is 39.2 Å². The van der Waals surface area contributed by atoms with Crippen molar-refractivity contribution in [2.24, 2.45) is 5.92 Å². The molecule has 2 heterocycles. The Morgan fingerprint density at radius 3 is 2.51 bits per heavy atom. The molecule has 7 nitrogen and oxygen atoms in total. The van der Waals surface area contributed by atoms with Crippen molar-refractivity contribution in [3.8, 4) is 0 Å². The van der Waals surface area contributed by atoms with E-state index in [0.717, 1.165) is 34.7 Å². The Balaban J connectivity index is 2.39. The molecule has 5 atom stereocenters. The first-order valence-electron chi connectivity index (χ1n) is 12.2. The molecule has 1 aliphatic heterocycles. The van der Waals surface area contributed by atoms with Crippen LogP contribution in [0.5, 0.6) is 0 Å². The van der Waals surface area contributed by atoms with E-state index >= 15 is 0 Å². The van der Waals surface area contributed by atoms with Crippen molar-refractivity contribution in [2.45, 2.75) is 109 Å². The van der Waals surface area contributed by atoms with Crippen LogP contribution in [-0.2, 0) is 19.4 Å². The average molecular weight is 528 g/mol. The zero-order valence-corrected chi connectivity index (χ0v) is 23.6. The number of sulfone groups is 1. The summed E-state index contributed by atoms with van der Waals surface area (Å²) in [7, 11) is -3.98. The molecule has 1 aliphatic rings. The van der Waals surface area contributed by atoms with E-state index in [1.165, 1.54) is 32.1 Å². The van der Waals surface area contributed by atoms with E-state index in [0.29, 0.717) is 12.8 Å². The van der Waals surface area contributed by atoms with Gasteiger partial charge in [0, 0.05) is 11.8 Å². The molecule has 0 fully saturated rings. The number of cyclic esters (lactones) is 1. The summed E-state index contributed by atoms with van der Waals surface area (Å²) in [5.41, 5.74) is 2.75. The van der Waals surface area contributed by atoms with Gasteiger partial charge < -0.3 is 14.9 Å². The fraction of sp³-hybridized carbons (Fsp3) is 0.692. The van der Waals surface area contributed by atoms with Crippen LogP contribution in [-0.4, -0.2) is 57.9 Å². The van der Waals surface area contributed by atoms with Gasteiger partial charge in [-0.05, 0) is 78.4 Å². The van der Waals surface area contributed by atoms with E-state index in [4.69, 9.17) is 4.74 Å². The summed E-state index contributed by atoms with van der Waals surface area (Å²) >= 11 is 1.54. The van der Waals surface area contributed by atoms with Crippen LogP contribution in [0.4, 0.5) is 0 Å². The van der Waals surface area contributed by atoms with Crippen molar-refractivity contribution >= 4 is 33.2 Å². The minimum atomic E-state index is -3.98. The molecule has 0 amide bonds. The van der Waals surface area contributed by atoms with Crippen molar-refractivity contribution in [3.05, 3.63) is 33.3 Å². The van der Waals surface area contributed by atoms with Gasteiger partial charge >= 0.3 is 5.97 Å². The van der Waals surface area contributed by atoms with Gasteiger partial charge in [-0.1, -0.05) is 18.6 Å². The lowest BCUT2D eigenvalue weighted by Gasteiger charge is -2.35. The first-order valence-corrected chi connectivity index (χ1v) is 14.6. The molecule has 0 spiro atoms. The number of aliphatic hydroxyl groups is 2. The number of aryl methyl sites for hydroxylation is 1. The second-order valence-electron chi connectivity index (χ2n) is 10.4. The number of nitrogens with zero attached hydrogens (tertiary/aromatic N) is 1. The van der Waals surface area contributed by atoms with Crippen LogP contribution >= 0.6 is 11.3 Å². The molecule has 0 unspecified atom stereocenters. The molecule has 1 aromatic heterocycles. The number of aliphatic hydroxyl groups excluding tert-OH is 2. The standard InChI is InChI=1S/C26H41NO6S2/c1-16-9-8-10-17(2)25(30)19(4)35(31,32)26(6,7)23(28)14-24(29)33-22(12-11-16)18(3)13-21-15-34-20(5)27-21/h11,13,15,17,19,22-23,25,28,30H,8-10,12,14H2,1-7H3/b16-11-,18-13+/t17-,19+,22-,23-,25-/m0/s1. The summed E-state index contributed by atoms with van der Waals surface area (Å²) in [6.45, 7) is 11.9. The van der Waals surface area contributed by atoms with Crippen molar-refractivity contribution in [1.82, 2.24) is 4.98 Å². The minimum absolute atomic E-state index is 0.224. The van der Waals surface area contributed by atoms with Crippen LogP contribution in [0, 0.1) is 12.8 Å². The fourth-order valence-corrected chi connectivity index (χ4v) is 6.94. The van der Waals surface area contributed by atoms with Crippen LogP contribution in [0.25, 0.3) is 6.08 Å². The maximum atomic E-state index is 13.4. The van der Waals surface area contributed by atoms with E-state index in [-0.39, 0.29) is 5.92 Å². The van der Waals surface area contributed by atoms with E-state index in [9.17, 15) is 23.4 Å². The Morgan fingerprint density at radius 1 is 1.26 bits per heavy atom. The predicted octanol–water partition coefficient (Wildman–Crippen LogP) is 4.62. The summed E-state index contributed by atoms with van der Waals surface area (Å²) in [6, 6.07) is 0. The SMILES string of the molecule is C/C1=C/C[C@@H](/C(C)=C/c2csc(C)n2)OC(=O)C[C@H](O)C(C)(C)S(=O)(=O)[C@H](C)[C@@H](O)[C@@H](C)CCC1. The lowest BCUT2D eigenvalue weighted by Crippen LogP contribution is -2.52. The van der Waals surface area contributed by atoms with Crippen LogP contribution < -0.4 is 0 Å². The van der Waals surface area contributed by atoms with Crippen LogP contribution in [0.2, 0.25) is 0 Å². The zero-order valence-electron chi connectivity index (χ0n) is 21.9. The molecule has 0 saturated carbocycles. The number of rotatable bonds is 2. The number of aromatic nitrogens is 1. The smallest absolute Gasteiger partial charge is 0.309 e. The van der Waals surface area contributed by atoms with Crippen molar-refractivity contribution < 1.29 is 28.2 Å². The lowest BCUT2D eigenvalue weighted by molar-refractivity contribution is -0.149. The first kappa shape index (κ1) is 29.7. The van der Waals surface area contributed by atoms with Gasteiger partial charge in [-0.2, -0.15) is 0 Å². The van der Waals surface area contributed by atoms with Crippen LogP contribution in [0.1, 0.15) is 84.3 Å². The highest BCUT2D eigenvalue weighted by Crippen LogP contribution is 2.32. The third kappa shape index (κ3) is 7.47. The van der Waals surface area contributed by atoms with Crippen molar-refractivity contribution in [2.75, 3.05) is 0 Å². The number of esters is 1. The number of ether oxygens (including phenoxy) is 1. The van der Waals surface area contributed by atoms with Gasteiger partial charge in [0.15, 0.2) is 9.84 Å². The third-order valence-electron chi connectivity index (χ3n) is 7.15. The fourth-order valence-electron chi connectivity index (χ4n) is 4.31. The van der Waals surface area contributed by atoms with Gasteiger partial charge in [0.05, 0.1) is 39.3 Å². The Bertz CT molecular complexity index is 1040. The van der Waals surface area contributed by atoms with Gasteiger partial charge in [0.25, 0.3) is 0 Å². The Kier molecular flexibility index (Phi) is 10.3. The van der Waals surface area contributed by atoms with E-state index in [2.05, 4.69) is 11.1 Å². The first-order chi connectivity index (χ1) is 16.2. The van der Waals surface area contributed by atoms with E-state index in [1.54, 1.807) is 0 Å². The second kappa shape index (κ2) is 12.1. The van der Waals surface area contributed by atoms with Gasteiger partial charge in [-0.3, -0.25) is 4.79 Å². The van der Waals surface area contributed by atoms with Gasteiger partial charge in [-0.25, -0.2) is 13.4 Å². The number of carbonyl (C=O) groups is 1. The number of thiazole rings is 1.